The van der Waals surface area contributed by atoms with E-state index >= 15 is 0 Å². The molecular weight excluding hydrogens is 526 g/mol. The van der Waals surface area contributed by atoms with Crippen LogP contribution in [0.4, 0.5) is 0 Å². The van der Waals surface area contributed by atoms with Crippen molar-refractivity contribution >= 4 is 16.9 Å². The summed E-state index contributed by atoms with van der Waals surface area (Å²) in [5.41, 5.74) is 5.58. The van der Waals surface area contributed by atoms with Crippen LogP contribution in [0.3, 0.4) is 0 Å². The van der Waals surface area contributed by atoms with Gasteiger partial charge >= 0.3 is 0 Å². The van der Waals surface area contributed by atoms with Gasteiger partial charge in [0.1, 0.15) is 11.6 Å². The number of hydrogen-bond donors (Lipinski definition) is 1. The van der Waals surface area contributed by atoms with Crippen molar-refractivity contribution in [2.75, 3.05) is 27.4 Å². The van der Waals surface area contributed by atoms with E-state index in [1.165, 1.54) is 16.6 Å². The average molecular weight is 572 g/mol. The lowest BCUT2D eigenvalue weighted by Crippen LogP contribution is -2.26. The van der Waals surface area contributed by atoms with Gasteiger partial charge in [0, 0.05) is 19.5 Å². The number of nitrogens with one attached hydrogen (secondary N) is 1. The summed E-state index contributed by atoms with van der Waals surface area (Å²) in [5.74, 6) is 3.84. The number of unbranched alkanes of at least 4 members (excludes halogenated alkanes) is 2. The van der Waals surface area contributed by atoms with Crippen molar-refractivity contribution in [1.29, 1.82) is 0 Å². The molecule has 42 heavy (non-hydrogen) atoms. The van der Waals surface area contributed by atoms with Gasteiger partial charge in [-0.3, -0.25) is 4.79 Å². The van der Waals surface area contributed by atoms with Crippen LogP contribution in [0.15, 0.2) is 60.7 Å². The molecule has 0 saturated heterocycles. The van der Waals surface area contributed by atoms with Gasteiger partial charge in [0.2, 0.25) is 5.91 Å². The van der Waals surface area contributed by atoms with E-state index in [1.807, 2.05) is 24.3 Å². The van der Waals surface area contributed by atoms with Gasteiger partial charge in [0.05, 0.1) is 38.3 Å². The zero-order chi connectivity index (χ0) is 29.9. The van der Waals surface area contributed by atoms with E-state index < -0.39 is 0 Å². The van der Waals surface area contributed by atoms with Gasteiger partial charge in [-0.15, -0.1) is 0 Å². The van der Waals surface area contributed by atoms with Crippen molar-refractivity contribution in [1.82, 2.24) is 14.9 Å². The minimum Gasteiger partial charge on any atom is -0.493 e. The van der Waals surface area contributed by atoms with Crippen molar-refractivity contribution in [2.24, 2.45) is 0 Å². The number of benzene rings is 3. The lowest BCUT2D eigenvalue weighted by molar-refractivity contribution is -0.120. The molecule has 0 atom stereocenters. The fourth-order valence-corrected chi connectivity index (χ4v) is 5.27. The first-order valence-corrected chi connectivity index (χ1v) is 15.0. The molecule has 0 bridgehead atoms. The Bertz CT molecular complexity index is 1460. The zero-order valence-corrected chi connectivity index (χ0v) is 25.7. The summed E-state index contributed by atoms with van der Waals surface area (Å²) in [4.78, 5) is 17.4. The normalized spacial score (nSPS) is 11.2. The van der Waals surface area contributed by atoms with Crippen LogP contribution < -0.4 is 19.5 Å². The van der Waals surface area contributed by atoms with Crippen molar-refractivity contribution in [3.8, 4) is 17.2 Å². The lowest BCUT2D eigenvalue weighted by atomic mass is 10.0. The van der Waals surface area contributed by atoms with E-state index in [0.29, 0.717) is 37.0 Å². The zero-order valence-electron chi connectivity index (χ0n) is 25.7. The third-order valence-electron chi connectivity index (χ3n) is 7.52. The van der Waals surface area contributed by atoms with Gasteiger partial charge in [-0.05, 0) is 79.1 Å². The number of ether oxygens (including phenoxy) is 3. The molecule has 0 aliphatic rings. The first-order chi connectivity index (χ1) is 20.4. The summed E-state index contributed by atoms with van der Waals surface area (Å²) in [5, 5.41) is 3.05. The fourth-order valence-electron chi connectivity index (χ4n) is 5.27. The molecule has 0 aliphatic carbocycles. The Morgan fingerprint density at radius 2 is 1.71 bits per heavy atom. The average Bonchev–Trinajstić information content (AvgIpc) is 3.34. The second kappa shape index (κ2) is 15.3. The molecule has 0 spiro atoms. The Kier molecular flexibility index (Phi) is 11.3. The highest BCUT2D eigenvalue weighted by atomic mass is 16.5. The van der Waals surface area contributed by atoms with Gasteiger partial charge < -0.3 is 24.1 Å². The van der Waals surface area contributed by atoms with Crippen molar-refractivity contribution < 1.29 is 19.0 Å². The molecular formula is C35H45N3O4. The predicted molar refractivity (Wildman–Crippen MR) is 169 cm³/mol. The summed E-state index contributed by atoms with van der Waals surface area (Å²) in [6.07, 6.45) is 5.10. The number of aryl methyl sites for hydroxylation is 3. The maximum atomic E-state index is 12.4. The molecule has 3 aromatic carbocycles. The largest absolute Gasteiger partial charge is 0.493 e. The molecule has 4 aromatic rings. The van der Waals surface area contributed by atoms with E-state index in [9.17, 15) is 4.79 Å². The second-order valence-corrected chi connectivity index (χ2v) is 11.1. The van der Waals surface area contributed by atoms with E-state index in [0.717, 1.165) is 61.3 Å². The minimum atomic E-state index is 0.0115. The van der Waals surface area contributed by atoms with Crippen molar-refractivity contribution in [2.45, 2.75) is 71.8 Å². The first-order valence-electron chi connectivity index (χ1n) is 15.0. The summed E-state index contributed by atoms with van der Waals surface area (Å²) in [7, 11) is 3.20. The molecule has 7 heteroatoms. The molecule has 0 unspecified atom stereocenters. The van der Waals surface area contributed by atoms with Gasteiger partial charge in [0.25, 0.3) is 0 Å². The van der Waals surface area contributed by atoms with Gasteiger partial charge in [-0.2, -0.15) is 0 Å². The van der Waals surface area contributed by atoms with Crippen LogP contribution in [-0.4, -0.2) is 42.8 Å². The Morgan fingerprint density at radius 3 is 2.50 bits per heavy atom. The maximum Gasteiger partial charge on any atom is 0.224 e. The standard InChI is InChI=1S/C35H45N3O4/c1-25(2)28-17-15-26(3)22-32(28)42-21-11-20-38-30-13-9-8-12-29(30)37-34(38)14-7-6-10-19-36-35(39)24-27-16-18-31(40-4)33(23-27)41-5/h8-9,12-13,15-18,22-23,25H,6-7,10-11,14,19-21,24H2,1-5H3,(H,36,39). The number of nitrogens with zero attached hydrogens (tertiary/aromatic N) is 2. The van der Waals surface area contributed by atoms with Crippen LogP contribution in [0, 0.1) is 6.92 Å². The van der Waals surface area contributed by atoms with Crippen LogP contribution in [-0.2, 0) is 24.2 Å². The van der Waals surface area contributed by atoms with Crippen molar-refractivity contribution in [3.63, 3.8) is 0 Å². The highest BCUT2D eigenvalue weighted by Gasteiger charge is 2.12. The molecule has 0 aliphatic heterocycles. The van der Waals surface area contributed by atoms with E-state index in [2.05, 4.69) is 67.1 Å². The Morgan fingerprint density at radius 1 is 0.905 bits per heavy atom. The third kappa shape index (κ3) is 8.28. The summed E-state index contributed by atoms with van der Waals surface area (Å²) in [6, 6.07) is 20.4. The Balaban J connectivity index is 1.23. The van der Waals surface area contributed by atoms with Crippen molar-refractivity contribution in [3.05, 3.63) is 83.2 Å². The summed E-state index contributed by atoms with van der Waals surface area (Å²) < 4.78 is 19.2. The Labute approximate surface area is 250 Å². The topological polar surface area (TPSA) is 74.6 Å². The van der Waals surface area contributed by atoms with Gasteiger partial charge in [-0.25, -0.2) is 4.98 Å². The smallest absolute Gasteiger partial charge is 0.224 e. The fraction of sp³-hybridized carbons (Fsp3) is 0.429. The summed E-state index contributed by atoms with van der Waals surface area (Å²) >= 11 is 0. The molecule has 1 heterocycles. The molecule has 224 valence electrons. The number of imidazole rings is 1. The third-order valence-corrected chi connectivity index (χ3v) is 7.52. The number of para-hydroxylation sites is 2. The second-order valence-electron chi connectivity index (χ2n) is 11.1. The molecule has 4 rings (SSSR count). The number of amides is 1. The number of methoxy groups -OCH3 is 2. The quantitative estimate of drug-likeness (QED) is 0.146. The van der Waals surface area contributed by atoms with E-state index in [-0.39, 0.29) is 5.91 Å². The summed E-state index contributed by atoms with van der Waals surface area (Å²) in [6.45, 7) is 8.71. The van der Waals surface area contributed by atoms with Crippen LogP contribution in [0.25, 0.3) is 11.0 Å². The van der Waals surface area contributed by atoms with E-state index in [1.54, 1.807) is 14.2 Å². The molecule has 0 radical (unpaired) electrons. The molecule has 1 aromatic heterocycles. The molecule has 1 N–H and O–H groups in total. The van der Waals surface area contributed by atoms with Gasteiger partial charge in [0.15, 0.2) is 11.5 Å². The SMILES string of the molecule is COc1ccc(CC(=O)NCCCCCc2nc3ccccc3n2CCCOc2cc(C)ccc2C(C)C)cc1OC. The number of carbonyl (C=O) groups excluding carboxylic acids is 1. The van der Waals surface area contributed by atoms with Crippen LogP contribution in [0.2, 0.25) is 0 Å². The number of rotatable bonds is 16. The monoisotopic (exact) mass is 571 g/mol. The number of fused-ring (bicyclic) bond motifs is 1. The Hall–Kier alpha value is -4.00. The predicted octanol–water partition coefficient (Wildman–Crippen LogP) is 7.03. The molecule has 0 fully saturated rings. The highest BCUT2D eigenvalue weighted by molar-refractivity contribution is 5.78. The molecule has 1 amide bonds. The number of hydrogen-bond acceptors (Lipinski definition) is 5. The van der Waals surface area contributed by atoms with Crippen LogP contribution >= 0.6 is 0 Å². The van der Waals surface area contributed by atoms with Crippen LogP contribution in [0.1, 0.15) is 68.0 Å². The lowest BCUT2D eigenvalue weighted by Gasteiger charge is -2.15. The molecule has 7 nitrogen and oxygen atoms in total. The number of aromatic nitrogens is 2. The molecule has 0 saturated carbocycles. The minimum absolute atomic E-state index is 0.0115. The van der Waals surface area contributed by atoms with Gasteiger partial charge in [-0.1, -0.05) is 50.6 Å². The van der Waals surface area contributed by atoms with Crippen LogP contribution in [0.5, 0.6) is 17.2 Å². The first kappa shape index (κ1) is 30.9. The number of carbonyl (C=O) groups is 1. The van der Waals surface area contributed by atoms with E-state index in [4.69, 9.17) is 19.2 Å². The maximum absolute atomic E-state index is 12.4. The highest BCUT2D eigenvalue weighted by Crippen LogP contribution is 2.29.